The van der Waals surface area contributed by atoms with Gasteiger partial charge in [0.05, 0.1) is 11.0 Å². The molecule has 0 spiro atoms. The fourth-order valence-corrected chi connectivity index (χ4v) is 9.91. The lowest BCUT2D eigenvalue weighted by atomic mass is 9.94. The van der Waals surface area contributed by atoms with Crippen LogP contribution in [0.3, 0.4) is 0 Å². The summed E-state index contributed by atoms with van der Waals surface area (Å²) in [6, 6.07) is 60.3. The van der Waals surface area contributed by atoms with Crippen LogP contribution in [-0.2, 0) is 12.8 Å². The molecular formula is C57H41N3. The zero-order valence-electron chi connectivity index (χ0n) is 33.2. The van der Waals surface area contributed by atoms with Gasteiger partial charge in [-0.2, -0.15) is 0 Å². The molecule has 12 rings (SSSR count). The second kappa shape index (κ2) is 14.1. The first-order valence-electron chi connectivity index (χ1n) is 21.1. The highest BCUT2D eigenvalue weighted by atomic mass is 15.0. The lowest BCUT2D eigenvalue weighted by Gasteiger charge is -2.19. The van der Waals surface area contributed by atoms with Gasteiger partial charge in [0.2, 0.25) is 0 Å². The summed E-state index contributed by atoms with van der Waals surface area (Å²) in [5.74, 6) is 0. The maximum atomic E-state index is 4.76. The Morgan fingerprint density at radius 2 is 0.900 bits per heavy atom. The molecule has 284 valence electrons. The number of hydrogen-bond donors (Lipinski definition) is 0. The smallest absolute Gasteiger partial charge is 0.0537 e. The van der Waals surface area contributed by atoms with Crippen LogP contribution >= 0.6 is 0 Å². The fourth-order valence-electron chi connectivity index (χ4n) is 9.91. The molecule has 0 bridgehead atoms. The minimum absolute atomic E-state index is 1.02. The van der Waals surface area contributed by atoms with Gasteiger partial charge in [0.1, 0.15) is 0 Å². The molecule has 0 saturated carbocycles. The van der Waals surface area contributed by atoms with E-state index in [2.05, 4.69) is 197 Å². The fraction of sp³-hybridized carbons (Fsp3) is 0.0702. The van der Waals surface area contributed by atoms with Crippen LogP contribution in [0.15, 0.2) is 188 Å². The summed E-state index contributed by atoms with van der Waals surface area (Å²) in [5, 5.41) is 5.13. The third kappa shape index (κ3) is 5.69. The number of hydrogen-bond acceptors (Lipinski definition) is 1. The first-order valence-corrected chi connectivity index (χ1v) is 21.1. The third-order valence-electron chi connectivity index (χ3n) is 12.7. The van der Waals surface area contributed by atoms with E-state index in [4.69, 9.17) is 4.98 Å². The second-order valence-electron chi connectivity index (χ2n) is 16.2. The number of pyridine rings is 1. The zero-order chi connectivity index (χ0) is 39.6. The van der Waals surface area contributed by atoms with Crippen LogP contribution in [0, 0.1) is 0 Å². The van der Waals surface area contributed by atoms with E-state index in [0.717, 1.165) is 47.9 Å². The van der Waals surface area contributed by atoms with Crippen molar-refractivity contribution in [3.8, 4) is 55.9 Å². The normalized spacial score (nSPS) is 13.3. The molecule has 2 aliphatic rings. The molecule has 0 radical (unpaired) electrons. The first kappa shape index (κ1) is 34.5. The van der Waals surface area contributed by atoms with E-state index in [0.29, 0.717) is 0 Å². The van der Waals surface area contributed by atoms with Crippen molar-refractivity contribution in [2.45, 2.75) is 25.7 Å². The predicted octanol–water partition coefficient (Wildman–Crippen LogP) is 14.7. The molecule has 3 nitrogen and oxygen atoms in total. The van der Waals surface area contributed by atoms with Crippen LogP contribution < -0.4 is 0 Å². The van der Waals surface area contributed by atoms with Crippen LogP contribution in [0.5, 0.6) is 0 Å². The van der Waals surface area contributed by atoms with Gasteiger partial charge in [0.15, 0.2) is 0 Å². The summed E-state index contributed by atoms with van der Waals surface area (Å²) in [7, 11) is 0. The predicted molar refractivity (Wildman–Crippen MR) is 252 cm³/mol. The first-order chi connectivity index (χ1) is 29.7. The van der Waals surface area contributed by atoms with E-state index >= 15 is 0 Å². The lowest BCUT2D eigenvalue weighted by molar-refractivity contribution is 0.877. The van der Waals surface area contributed by atoms with Gasteiger partial charge in [0.25, 0.3) is 0 Å². The Morgan fingerprint density at radius 1 is 0.383 bits per heavy atom. The largest absolute Gasteiger partial charge is 0.313 e. The van der Waals surface area contributed by atoms with Crippen molar-refractivity contribution in [3.63, 3.8) is 0 Å². The zero-order valence-corrected chi connectivity index (χ0v) is 33.2. The Morgan fingerprint density at radius 3 is 1.57 bits per heavy atom. The molecule has 7 aromatic carbocycles. The minimum atomic E-state index is 1.02. The monoisotopic (exact) mass is 767 g/mol. The van der Waals surface area contributed by atoms with E-state index in [1.807, 2.05) is 12.4 Å². The lowest BCUT2D eigenvalue weighted by Crippen LogP contribution is -2.07. The van der Waals surface area contributed by atoms with Crippen LogP contribution in [0.2, 0.25) is 0 Å². The molecule has 0 aliphatic heterocycles. The number of aromatic nitrogens is 3. The van der Waals surface area contributed by atoms with Gasteiger partial charge in [0, 0.05) is 68.2 Å². The van der Waals surface area contributed by atoms with Gasteiger partial charge in [-0.05, 0) is 112 Å². The van der Waals surface area contributed by atoms with E-state index in [1.165, 1.54) is 88.7 Å². The van der Waals surface area contributed by atoms with Crippen LogP contribution in [-0.4, -0.2) is 14.1 Å². The number of rotatable bonds is 6. The maximum absolute atomic E-state index is 4.76. The van der Waals surface area contributed by atoms with Gasteiger partial charge in [-0.15, -0.1) is 0 Å². The van der Waals surface area contributed by atoms with Crippen LogP contribution in [0.4, 0.5) is 0 Å². The summed E-state index contributed by atoms with van der Waals surface area (Å²) in [6.07, 6.45) is 17.4. The van der Waals surface area contributed by atoms with Crippen molar-refractivity contribution in [2.75, 3.05) is 0 Å². The molecule has 2 aliphatic carbocycles. The van der Waals surface area contributed by atoms with E-state index in [9.17, 15) is 0 Å². The topological polar surface area (TPSA) is 22.8 Å². The second-order valence-corrected chi connectivity index (χ2v) is 16.2. The highest BCUT2D eigenvalue weighted by Gasteiger charge is 2.22. The Kier molecular flexibility index (Phi) is 8.12. The number of para-hydroxylation sites is 2. The SMILES string of the molecule is C1=Cc2c(n(-c3cc(-c4ccc(-c5cncc(-c6cccc(-c7cccc8ccccc78)c6)c5)cc4)cc(-n4c5c(c6ccccc64)C=CCC5)c3)c3ccccc23)CC1. The average molecular weight is 768 g/mol. The molecule has 3 heterocycles. The minimum Gasteiger partial charge on any atom is -0.313 e. The summed E-state index contributed by atoms with van der Waals surface area (Å²) in [4.78, 5) is 4.76. The van der Waals surface area contributed by atoms with E-state index in [-0.39, 0.29) is 0 Å². The maximum Gasteiger partial charge on any atom is 0.0537 e. The molecule has 0 atom stereocenters. The van der Waals surface area contributed by atoms with Gasteiger partial charge < -0.3 is 9.13 Å². The summed E-state index contributed by atoms with van der Waals surface area (Å²) in [6.45, 7) is 0. The number of fused-ring (bicyclic) bond motifs is 7. The van der Waals surface area contributed by atoms with Gasteiger partial charge in [-0.3, -0.25) is 4.98 Å². The van der Waals surface area contributed by atoms with Crippen molar-refractivity contribution in [1.29, 1.82) is 0 Å². The molecule has 0 unspecified atom stereocenters. The Labute approximate surface area is 349 Å². The average Bonchev–Trinajstić information content (AvgIpc) is 3.85. The Balaban J connectivity index is 0.966. The molecule has 3 aromatic heterocycles. The Bertz CT molecular complexity index is 3250. The molecule has 0 fully saturated rings. The number of allylic oxidation sites excluding steroid dienone is 2. The molecule has 10 aromatic rings. The van der Waals surface area contributed by atoms with Crippen molar-refractivity contribution < 1.29 is 0 Å². The highest BCUT2D eigenvalue weighted by molar-refractivity contribution is 5.98. The number of benzene rings is 7. The van der Waals surface area contributed by atoms with Crippen molar-refractivity contribution in [2.24, 2.45) is 0 Å². The quantitative estimate of drug-likeness (QED) is 0.165. The Hall–Kier alpha value is -7.49. The molecule has 3 heteroatoms. The summed E-state index contributed by atoms with van der Waals surface area (Å²) < 4.78 is 5.06. The molecule has 0 amide bonds. The molecule has 0 N–H and O–H groups in total. The van der Waals surface area contributed by atoms with Crippen molar-refractivity contribution >= 4 is 44.7 Å². The van der Waals surface area contributed by atoms with Crippen molar-refractivity contribution in [3.05, 3.63) is 211 Å². The van der Waals surface area contributed by atoms with Crippen LogP contribution in [0.25, 0.3) is 101 Å². The van der Waals surface area contributed by atoms with E-state index < -0.39 is 0 Å². The molecule has 60 heavy (non-hydrogen) atoms. The van der Waals surface area contributed by atoms with Gasteiger partial charge in [-0.1, -0.05) is 146 Å². The van der Waals surface area contributed by atoms with Crippen LogP contribution in [0.1, 0.15) is 35.4 Å². The van der Waals surface area contributed by atoms with Crippen molar-refractivity contribution in [1.82, 2.24) is 14.1 Å². The standard InChI is InChI=1S/C57H41N3/c1-2-17-48-40(13-1)14-12-22-49(48)42-16-11-15-41(31-42)45-32-44(36-58-37-45)39-29-27-38(28-30-39)43-33-46(59-54-23-7-3-18-50(54)51-19-4-8-24-55(51)59)35-47(34-43)60-56-25-9-5-20-52(56)53-21-6-10-26-57(53)60/h1-7,9,11-23,25,27-37H,8,10,24,26H2. The summed E-state index contributed by atoms with van der Waals surface area (Å²) >= 11 is 0. The van der Waals surface area contributed by atoms with Gasteiger partial charge >= 0.3 is 0 Å². The number of nitrogens with zero attached hydrogens (tertiary/aromatic N) is 3. The third-order valence-corrected chi connectivity index (χ3v) is 12.7. The molecular weight excluding hydrogens is 727 g/mol. The van der Waals surface area contributed by atoms with Gasteiger partial charge in [-0.25, -0.2) is 0 Å². The van der Waals surface area contributed by atoms with E-state index in [1.54, 1.807) is 0 Å². The summed E-state index contributed by atoms with van der Waals surface area (Å²) in [5.41, 5.74) is 19.7. The highest BCUT2D eigenvalue weighted by Crippen LogP contribution is 2.40. The molecule has 0 saturated heterocycles.